The number of anilines is 3. The summed E-state index contributed by atoms with van der Waals surface area (Å²) in [4.78, 5) is 16.6. The van der Waals surface area contributed by atoms with Crippen LogP contribution < -0.4 is 10.2 Å². The van der Waals surface area contributed by atoms with Crippen LogP contribution in [-0.2, 0) is 18.3 Å². The highest BCUT2D eigenvalue weighted by atomic mass is 15.2. The van der Waals surface area contributed by atoms with E-state index in [2.05, 4.69) is 63.5 Å². The second kappa shape index (κ2) is 7.98. The van der Waals surface area contributed by atoms with Gasteiger partial charge in [0.05, 0.1) is 22.5 Å². The van der Waals surface area contributed by atoms with Crippen LogP contribution in [0.4, 0.5) is 17.2 Å². The third-order valence-corrected chi connectivity index (χ3v) is 7.58. The number of nitrogens with one attached hydrogen (secondary N) is 1. The Kier molecular flexibility index (Phi) is 4.93. The van der Waals surface area contributed by atoms with Gasteiger partial charge in [-0.3, -0.25) is 4.98 Å². The van der Waals surface area contributed by atoms with Gasteiger partial charge < -0.3 is 10.2 Å². The summed E-state index contributed by atoms with van der Waals surface area (Å²) < 4.78 is 0. The van der Waals surface area contributed by atoms with Crippen molar-refractivity contribution in [2.24, 2.45) is 0 Å². The molecule has 0 unspecified atom stereocenters. The Bertz CT molecular complexity index is 1240. The summed E-state index contributed by atoms with van der Waals surface area (Å²) in [7, 11) is 0. The van der Waals surface area contributed by atoms with Crippen LogP contribution in [0.1, 0.15) is 60.4 Å². The predicted molar refractivity (Wildman–Crippen MR) is 133 cm³/mol. The van der Waals surface area contributed by atoms with Gasteiger partial charge in [0, 0.05) is 24.1 Å². The van der Waals surface area contributed by atoms with Crippen molar-refractivity contribution in [2.75, 3.05) is 16.8 Å². The van der Waals surface area contributed by atoms with E-state index < -0.39 is 0 Å². The quantitative estimate of drug-likeness (QED) is 0.550. The van der Waals surface area contributed by atoms with Crippen LogP contribution in [0, 0.1) is 13.8 Å². The third-order valence-electron chi connectivity index (χ3n) is 7.58. The molecule has 168 valence electrons. The van der Waals surface area contributed by atoms with Crippen molar-refractivity contribution in [3.8, 4) is 0 Å². The second-order valence-electron chi connectivity index (χ2n) is 9.76. The molecule has 0 spiro atoms. The summed E-state index contributed by atoms with van der Waals surface area (Å²) in [5, 5.41) is 3.84. The van der Waals surface area contributed by atoms with Gasteiger partial charge in [0.1, 0.15) is 11.6 Å². The molecule has 33 heavy (non-hydrogen) atoms. The first-order valence-corrected chi connectivity index (χ1v) is 12.3. The third kappa shape index (κ3) is 3.50. The fourth-order valence-corrected chi connectivity index (χ4v) is 5.68. The van der Waals surface area contributed by atoms with E-state index in [1.54, 1.807) is 0 Å². The molecule has 5 heteroatoms. The Labute approximate surface area is 196 Å². The van der Waals surface area contributed by atoms with Crippen molar-refractivity contribution in [2.45, 2.75) is 64.2 Å². The molecule has 5 nitrogen and oxygen atoms in total. The molecule has 4 heterocycles. The van der Waals surface area contributed by atoms with E-state index in [1.165, 1.54) is 46.0 Å². The number of aryl methyl sites for hydroxylation is 4. The first kappa shape index (κ1) is 20.4. The fourth-order valence-electron chi connectivity index (χ4n) is 5.68. The molecule has 1 fully saturated rings. The van der Waals surface area contributed by atoms with E-state index in [0.717, 1.165) is 56.7 Å². The van der Waals surface area contributed by atoms with Crippen LogP contribution in [0.25, 0.3) is 0 Å². The molecule has 0 bridgehead atoms. The highest BCUT2D eigenvalue weighted by Gasteiger charge is 2.44. The van der Waals surface area contributed by atoms with Crippen LogP contribution >= 0.6 is 0 Å². The summed E-state index contributed by atoms with van der Waals surface area (Å²) in [6, 6.07) is 13.3. The maximum atomic E-state index is 5.32. The van der Waals surface area contributed by atoms with Gasteiger partial charge in [-0.15, -0.1) is 0 Å². The van der Waals surface area contributed by atoms with Crippen molar-refractivity contribution in [3.05, 3.63) is 82.7 Å². The Morgan fingerprint density at radius 1 is 0.970 bits per heavy atom. The smallest absolute Gasteiger partial charge is 0.136 e. The normalized spacial score (nSPS) is 18.8. The lowest BCUT2D eigenvalue weighted by molar-refractivity contribution is 0.287. The number of aromatic nitrogens is 3. The number of nitrogens with zero attached hydrogens (tertiary/aromatic N) is 4. The summed E-state index contributed by atoms with van der Waals surface area (Å²) in [5.74, 6) is 1.77. The molecular formula is C28H31N5. The molecule has 1 N–H and O–H groups in total. The minimum atomic E-state index is 0.00923. The van der Waals surface area contributed by atoms with E-state index in [4.69, 9.17) is 4.98 Å². The molecule has 3 aliphatic rings. The van der Waals surface area contributed by atoms with Gasteiger partial charge in [-0.05, 0) is 82.2 Å². The highest BCUT2D eigenvalue weighted by molar-refractivity contribution is 5.65. The lowest BCUT2D eigenvalue weighted by Gasteiger charge is -2.44. The minimum Gasteiger partial charge on any atom is -0.358 e. The van der Waals surface area contributed by atoms with Crippen LogP contribution in [-0.4, -0.2) is 21.5 Å². The summed E-state index contributed by atoms with van der Waals surface area (Å²) in [6.45, 7) is 5.09. The molecule has 0 radical (unpaired) electrons. The molecule has 0 saturated heterocycles. The zero-order chi connectivity index (χ0) is 22.4. The van der Waals surface area contributed by atoms with Crippen LogP contribution in [0.2, 0.25) is 0 Å². The average Bonchev–Trinajstić information content (AvgIpc) is 3.00. The SMILES string of the molecule is Cc1ccc2c(c1)CCC=C(C1(c3ccc4c(n3)CCCN4c3ccnc(C)n3)CCC1)N2. The number of allylic oxidation sites excluding steroid dienone is 2. The Hall–Kier alpha value is -3.21. The molecule has 1 aromatic carbocycles. The Morgan fingerprint density at radius 3 is 2.70 bits per heavy atom. The monoisotopic (exact) mass is 437 g/mol. The minimum absolute atomic E-state index is 0.00923. The summed E-state index contributed by atoms with van der Waals surface area (Å²) in [6.07, 6.45) is 12.1. The first-order valence-electron chi connectivity index (χ1n) is 12.3. The van der Waals surface area contributed by atoms with Gasteiger partial charge in [-0.25, -0.2) is 9.97 Å². The maximum Gasteiger partial charge on any atom is 0.136 e. The lowest BCUT2D eigenvalue weighted by Crippen LogP contribution is -2.40. The lowest BCUT2D eigenvalue weighted by atomic mass is 9.64. The number of pyridine rings is 1. The highest BCUT2D eigenvalue weighted by Crippen LogP contribution is 2.50. The first-order chi connectivity index (χ1) is 16.1. The molecule has 6 rings (SSSR count). The number of rotatable bonds is 3. The molecule has 3 aromatic rings. The van der Waals surface area contributed by atoms with E-state index >= 15 is 0 Å². The zero-order valence-corrected chi connectivity index (χ0v) is 19.6. The zero-order valence-electron chi connectivity index (χ0n) is 19.6. The molecule has 1 saturated carbocycles. The van der Waals surface area contributed by atoms with Crippen molar-refractivity contribution in [1.29, 1.82) is 0 Å². The van der Waals surface area contributed by atoms with Gasteiger partial charge in [0.25, 0.3) is 0 Å². The van der Waals surface area contributed by atoms with Crippen LogP contribution in [0.3, 0.4) is 0 Å². The van der Waals surface area contributed by atoms with Crippen molar-refractivity contribution in [3.63, 3.8) is 0 Å². The van der Waals surface area contributed by atoms with Crippen LogP contribution in [0.15, 0.2) is 54.4 Å². The Balaban J connectivity index is 1.36. The van der Waals surface area contributed by atoms with E-state index in [-0.39, 0.29) is 5.41 Å². The van der Waals surface area contributed by atoms with Gasteiger partial charge in [-0.1, -0.05) is 30.2 Å². The molecular weight excluding hydrogens is 406 g/mol. The number of hydrogen-bond donors (Lipinski definition) is 1. The van der Waals surface area contributed by atoms with E-state index in [9.17, 15) is 0 Å². The van der Waals surface area contributed by atoms with Crippen molar-refractivity contribution in [1.82, 2.24) is 15.0 Å². The van der Waals surface area contributed by atoms with Gasteiger partial charge in [0.15, 0.2) is 0 Å². The number of fused-ring (bicyclic) bond motifs is 2. The summed E-state index contributed by atoms with van der Waals surface area (Å²) >= 11 is 0. The predicted octanol–water partition coefficient (Wildman–Crippen LogP) is 5.94. The summed E-state index contributed by atoms with van der Waals surface area (Å²) in [5.41, 5.74) is 8.99. The fraction of sp³-hybridized carbons (Fsp3) is 0.393. The van der Waals surface area contributed by atoms with Gasteiger partial charge in [0.2, 0.25) is 0 Å². The number of hydrogen-bond acceptors (Lipinski definition) is 5. The Morgan fingerprint density at radius 2 is 1.88 bits per heavy atom. The topological polar surface area (TPSA) is 53.9 Å². The van der Waals surface area contributed by atoms with Gasteiger partial charge >= 0.3 is 0 Å². The van der Waals surface area contributed by atoms with E-state index in [0.29, 0.717) is 0 Å². The average molecular weight is 438 g/mol. The van der Waals surface area contributed by atoms with Crippen LogP contribution in [0.5, 0.6) is 0 Å². The molecule has 1 aliphatic carbocycles. The van der Waals surface area contributed by atoms with Crippen molar-refractivity contribution < 1.29 is 0 Å². The second-order valence-corrected chi connectivity index (χ2v) is 9.76. The molecule has 2 aliphatic heterocycles. The van der Waals surface area contributed by atoms with Crippen molar-refractivity contribution >= 4 is 17.2 Å². The maximum absolute atomic E-state index is 5.32. The number of benzene rings is 1. The largest absolute Gasteiger partial charge is 0.358 e. The molecule has 0 atom stereocenters. The van der Waals surface area contributed by atoms with Gasteiger partial charge in [-0.2, -0.15) is 0 Å². The standard InChI is InChI=1S/C28H31N5/c1-19-9-10-22-21(18-19)6-3-8-25(31-22)28(14-5-15-28)26-12-11-24-23(32-26)7-4-17-33(24)27-13-16-29-20(2)30-27/h8-13,16,18,31H,3-7,14-15,17H2,1-2H3. The molecule has 2 aromatic heterocycles. The molecule has 0 amide bonds. The van der Waals surface area contributed by atoms with E-state index in [1.807, 2.05) is 19.2 Å².